The maximum absolute atomic E-state index is 9.55. The number of nitrogens with zero attached hydrogens (tertiary/aromatic N) is 4. The Morgan fingerprint density at radius 1 is 1.12 bits per heavy atom. The molecule has 1 aromatic carbocycles. The Kier molecular flexibility index (Phi) is 6.46. The molecule has 5 nitrogen and oxygen atoms in total. The van der Waals surface area contributed by atoms with Crippen LogP contribution in [0, 0.1) is 13.8 Å². The molecule has 1 N–H and O–H groups in total. The summed E-state index contributed by atoms with van der Waals surface area (Å²) in [6, 6.07) is 9.02. The van der Waals surface area contributed by atoms with E-state index in [2.05, 4.69) is 64.6 Å². The molecule has 1 aliphatic heterocycles. The third-order valence-electron chi connectivity index (χ3n) is 5.68. The number of rotatable bonds is 7. The zero-order valence-corrected chi connectivity index (χ0v) is 16.4. The molecule has 0 spiro atoms. The zero-order chi connectivity index (χ0) is 18.5. The van der Waals surface area contributed by atoms with Crippen molar-refractivity contribution in [3.05, 3.63) is 52.8 Å². The van der Waals surface area contributed by atoms with Crippen molar-refractivity contribution < 1.29 is 5.11 Å². The fraction of sp³-hybridized carbons (Fsp3) is 0.571. The van der Waals surface area contributed by atoms with Crippen molar-refractivity contribution in [2.24, 2.45) is 0 Å². The minimum absolute atomic E-state index is 0.246. The van der Waals surface area contributed by atoms with E-state index in [1.165, 1.54) is 22.4 Å². The molecule has 1 atom stereocenters. The van der Waals surface area contributed by atoms with Gasteiger partial charge in [-0.2, -0.15) is 5.10 Å². The molecule has 5 heteroatoms. The van der Waals surface area contributed by atoms with Crippen molar-refractivity contribution in [1.82, 2.24) is 19.6 Å². The molecule has 0 bridgehead atoms. The minimum Gasteiger partial charge on any atom is -0.396 e. The first-order valence-electron chi connectivity index (χ1n) is 9.75. The second kappa shape index (κ2) is 8.80. The molecule has 0 radical (unpaired) electrons. The molecule has 142 valence electrons. The number of aliphatic hydroxyl groups is 1. The van der Waals surface area contributed by atoms with Crippen LogP contribution in [0.25, 0.3) is 0 Å². The van der Waals surface area contributed by atoms with Crippen molar-refractivity contribution >= 4 is 0 Å². The van der Waals surface area contributed by atoms with Crippen LogP contribution in [0.4, 0.5) is 0 Å². The molecule has 1 fully saturated rings. The summed E-state index contributed by atoms with van der Waals surface area (Å²) in [5.74, 6) is 0. The van der Waals surface area contributed by atoms with Gasteiger partial charge in [0.15, 0.2) is 0 Å². The van der Waals surface area contributed by atoms with E-state index in [0.717, 1.165) is 45.7 Å². The van der Waals surface area contributed by atoms with E-state index in [1.54, 1.807) is 0 Å². The summed E-state index contributed by atoms with van der Waals surface area (Å²) >= 11 is 0. The molecule has 3 rings (SSSR count). The fourth-order valence-corrected chi connectivity index (χ4v) is 3.94. The number of hydrogen-bond donors (Lipinski definition) is 1. The van der Waals surface area contributed by atoms with Gasteiger partial charge in [-0.15, -0.1) is 0 Å². The van der Waals surface area contributed by atoms with Crippen LogP contribution in [0.15, 0.2) is 30.5 Å². The van der Waals surface area contributed by atoms with Crippen LogP contribution in [0.5, 0.6) is 0 Å². The van der Waals surface area contributed by atoms with Crippen LogP contribution >= 0.6 is 0 Å². The molecular formula is C21H32N4O. The normalized spacial score (nSPS) is 19.2. The molecule has 1 saturated heterocycles. The van der Waals surface area contributed by atoms with Gasteiger partial charge in [-0.1, -0.05) is 24.3 Å². The van der Waals surface area contributed by atoms with Crippen LogP contribution in [-0.2, 0) is 19.6 Å². The Balaban J connectivity index is 1.65. The third kappa shape index (κ3) is 4.34. The summed E-state index contributed by atoms with van der Waals surface area (Å²) in [6.45, 7) is 12.7. The third-order valence-corrected chi connectivity index (χ3v) is 5.68. The molecule has 26 heavy (non-hydrogen) atoms. The summed E-state index contributed by atoms with van der Waals surface area (Å²) in [6.07, 6.45) is 2.84. The van der Waals surface area contributed by atoms with Crippen LogP contribution < -0.4 is 0 Å². The molecule has 2 aromatic rings. The van der Waals surface area contributed by atoms with Gasteiger partial charge in [0.1, 0.15) is 0 Å². The predicted molar refractivity (Wildman–Crippen MR) is 105 cm³/mol. The molecule has 0 amide bonds. The highest BCUT2D eigenvalue weighted by molar-refractivity contribution is 5.25. The van der Waals surface area contributed by atoms with Crippen LogP contribution in [0.3, 0.4) is 0 Å². The van der Waals surface area contributed by atoms with Gasteiger partial charge in [-0.3, -0.25) is 14.5 Å². The number of piperazine rings is 1. The highest BCUT2D eigenvalue weighted by Crippen LogP contribution is 2.20. The summed E-state index contributed by atoms with van der Waals surface area (Å²) in [7, 11) is 0. The van der Waals surface area contributed by atoms with Crippen LogP contribution in [0.2, 0.25) is 0 Å². The lowest BCUT2D eigenvalue weighted by Gasteiger charge is -2.41. The first kappa shape index (κ1) is 19.1. The van der Waals surface area contributed by atoms with E-state index in [1.807, 2.05) is 6.20 Å². The Labute approximate surface area is 157 Å². The largest absolute Gasteiger partial charge is 0.396 e. The second-order valence-electron chi connectivity index (χ2n) is 7.37. The zero-order valence-electron chi connectivity index (χ0n) is 16.4. The van der Waals surface area contributed by atoms with E-state index < -0.39 is 0 Å². The number of aliphatic hydroxyl groups excluding tert-OH is 1. The van der Waals surface area contributed by atoms with Crippen molar-refractivity contribution in [2.45, 2.75) is 52.9 Å². The molecule has 0 saturated carbocycles. The molecule has 1 aliphatic rings. The van der Waals surface area contributed by atoms with Gasteiger partial charge in [0.2, 0.25) is 0 Å². The summed E-state index contributed by atoms with van der Waals surface area (Å²) in [4.78, 5) is 5.05. The number of aryl methyl sites for hydroxylation is 2. The summed E-state index contributed by atoms with van der Waals surface area (Å²) < 4.78 is 2.06. The van der Waals surface area contributed by atoms with E-state index in [0.29, 0.717) is 6.04 Å². The fourth-order valence-electron chi connectivity index (χ4n) is 3.94. The van der Waals surface area contributed by atoms with Crippen molar-refractivity contribution in [3.63, 3.8) is 0 Å². The van der Waals surface area contributed by atoms with E-state index in [-0.39, 0.29) is 6.61 Å². The van der Waals surface area contributed by atoms with Crippen molar-refractivity contribution in [3.8, 4) is 0 Å². The topological polar surface area (TPSA) is 44.5 Å². The summed E-state index contributed by atoms with van der Waals surface area (Å²) in [5, 5.41) is 14.0. The second-order valence-corrected chi connectivity index (χ2v) is 7.37. The van der Waals surface area contributed by atoms with Crippen molar-refractivity contribution in [1.29, 1.82) is 0 Å². The van der Waals surface area contributed by atoms with Gasteiger partial charge in [0.25, 0.3) is 0 Å². The predicted octanol–water partition coefficient (Wildman–Crippen LogP) is 2.59. The highest BCUT2D eigenvalue weighted by atomic mass is 16.3. The first-order chi connectivity index (χ1) is 12.6. The smallest absolute Gasteiger partial charge is 0.0537 e. The quantitative estimate of drug-likeness (QED) is 0.828. The maximum Gasteiger partial charge on any atom is 0.0537 e. The maximum atomic E-state index is 9.55. The van der Waals surface area contributed by atoms with Crippen molar-refractivity contribution in [2.75, 3.05) is 26.2 Å². The lowest BCUT2D eigenvalue weighted by Crippen LogP contribution is -2.52. The van der Waals surface area contributed by atoms with E-state index in [4.69, 9.17) is 0 Å². The molecule has 0 aliphatic carbocycles. The van der Waals surface area contributed by atoms with E-state index >= 15 is 0 Å². The van der Waals surface area contributed by atoms with Gasteiger partial charge >= 0.3 is 0 Å². The van der Waals surface area contributed by atoms with Gasteiger partial charge in [-0.05, 0) is 38.3 Å². The monoisotopic (exact) mass is 356 g/mol. The molecule has 0 unspecified atom stereocenters. The SMILES string of the molecule is CCn1ncc(CN2CCN(Cc3ccccc3C)[C@H](CCO)C2)c1C. The van der Waals surface area contributed by atoms with Crippen LogP contribution in [0.1, 0.15) is 35.7 Å². The molecular weight excluding hydrogens is 324 g/mol. The lowest BCUT2D eigenvalue weighted by atomic mass is 10.0. The average molecular weight is 357 g/mol. The number of benzene rings is 1. The van der Waals surface area contributed by atoms with Gasteiger partial charge in [-0.25, -0.2) is 0 Å². The lowest BCUT2D eigenvalue weighted by molar-refractivity contribution is 0.0497. The highest BCUT2D eigenvalue weighted by Gasteiger charge is 2.27. The number of aromatic nitrogens is 2. The molecule has 2 heterocycles. The Morgan fingerprint density at radius 3 is 2.62 bits per heavy atom. The Bertz CT molecular complexity index is 712. The van der Waals surface area contributed by atoms with Crippen LogP contribution in [-0.4, -0.2) is 57.0 Å². The standard InChI is InChI=1S/C21H32N4O/c1-4-25-18(3)20(13-22-25)14-23-10-11-24(21(16-23)9-12-26)15-19-8-6-5-7-17(19)2/h5-8,13,21,26H,4,9-12,14-16H2,1-3H3/t21-/m1/s1. The van der Waals surface area contributed by atoms with Gasteiger partial charge < -0.3 is 5.11 Å². The van der Waals surface area contributed by atoms with E-state index in [9.17, 15) is 5.11 Å². The minimum atomic E-state index is 0.246. The Hall–Kier alpha value is -1.69. The van der Waals surface area contributed by atoms with Gasteiger partial charge in [0, 0.05) is 63.2 Å². The summed E-state index contributed by atoms with van der Waals surface area (Å²) in [5.41, 5.74) is 5.33. The first-order valence-corrected chi connectivity index (χ1v) is 9.75. The Morgan fingerprint density at radius 2 is 1.92 bits per heavy atom. The van der Waals surface area contributed by atoms with Gasteiger partial charge in [0.05, 0.1) is 6.20 Å². The molecule has 1 aromatic heterocycles. The number of hydrogen-bond acceptors (Lipinski definition) is 4. The average Bonchev–Trinajstić information content (AvgIpc) is 2.99.